The van der Waals surface area contributed by atoms with Crippen LogP contribution < -0.4 is 9.44 Å². The van der Waals surface area contributed by atoms with Gasteiger partial charge >= 0.3 is 0 Å². The number of ether oxygens (including phenoxy) is 2. The lowest BCUT2D eigenvalue weighted by atomic mass is 10.0. The van der Waals surface area contributed by atoms with Crippen molar-refractivity contribution in [3.63, 3.8) is 0 Å². The molecule has 0 aliphatic rings. The summed E-state index contributed by atoms with van der Waals surface area (Å²) in [6, 6.07) is 0. The van der Waals surface area contributed by atoms with Gasteiger partial charge < -0.3 is 9.47 Å². The summed E-state index contributed by atoms with van der Waals surface area (Å²) in [5.74, 6) is 0.0631. The standard InChI is InChI=1S/C25H56N4O8S2/c1-5-38(30,31,32)28-24(26-20-22-36-3)18-16-14-12-10-8-7-9-11-13-15-17-19-25(27-21-23-37-4)29-39(33,34,35)6-2/h5-23H2,1-4H3,(H3,26,28,30,31,32)(H3,27,29,33,34,35). The summed E-state index contributed by atoms with van der Waals surface area (Å²) in [4.78, 5) is 8.53. The van der Waals surface area contributed by atoms with Crippen LogP contribution in [0.15, 0.2) is 9.98 Å². The number of aliphatic imine (C=N–C) groups is 2. The van der Waals surface area contributed by atoms with Crippen LogP contribution in [0.5, 0.6) is 0 Å². The van der Waals surface area contributed by atoms with Crippen molar-refractivity contribution in [2.24, 2.45) is 9.98 Å². The number of hydrogen-bond acceptors (Lipinski definition) is 6. The molecule has 0 radical (unpaired) electrons. The van der Waals surface area contributed by atoms with Crippen LogP contribution in [0.1, 0.15) is 97.3 Å². The van der Waals surface area contributed by atoms with E-state index in [4.69, 9.17) is 9.47 Å². The van der Waals surface area contributed by atoms with Crippen LogP contribution in [-0.2, 0) is 29.1 Å². The van der Waals surface area contributed by atoms with Gasteiger partial charge in [0.25, 0.3) is 0 Å². The van der Waals surface area contributed by atoms with E-state index in [1.165, 1.54) is 20.3 Å². The predicted octanol–water partition coefficient (Wildman–Crippen LogP) is 4.73. The van der Waals surface area contributed by atoms with Crippen molar-refractivity contribution < 1.29 is 36.1 Å². The van der Waals surface area contributed by atoms with Crippen LogP contribution in [0.25, 0.3) is 0 Å². The normalized spacial score (nSPS) is 15.4. The molecule has 0 atom stereocenters. The molecular weight excluding hydrogens is 548 g/mol. The van der Waals surface area contributed by atoms with Gasteiger partial charge in [-0.1, -0.05) is 57.8 Å². The van der Waals surface area contributed by atoms with E-state index < -0.39 is 19.6 Å². The molecule has 0 aromatic carbocycles. The van der Waals surface area contributed by atoms with Gasteiger partial charge in [-0.15, -0.1) is 0 Å². The van der Waals surface area contributed by atoms with Gasteiger partial charge in [-0.05, 0) is 26.7 Å². The van der Waals surface area contributed by atoms with Gasteiger partial charge in [0, 0.05) is 27.1 Å². The maximum Gasteiger partial charge on any atom is 0.157 e. The monoisotopic (exact) mass is 604 g/mol. The molecule has 0 amide bonds. The molecule has 0 aromatic heterocycles. The Morgan fingerprint density at radius 3 is 1.13 bits per heavy atom. The average molecular weight is 605 g/mol. The second kappa shape index (κ2) is 19.2. The van der Waals surface area contributed by atoms with Crippen LogP contribution in [0.3, 0.4) is 0 Å². The van der Waals surface area contributed by atoms with E-state index in [-0.39, 0.29) is 11.5 Å². The molecule has 0 spiro atoms. The maximum atomic E-state index is 12.1. The Bertz CT molecular complexity index is 787. The highest BCUT2D eigenvalue weighted by molar-refractivity contribution is 8.09. The van der Waals surface area contributed by atoms with Gasteiger partial charge in [0.15, 0.2) is 19.6 Å². The van der Waals surface area contributed by atoms with Crippen LogP contribution >= 0.6 is 0 Å². The first-order chi connectivity index (χ1) is 18.2. The predicted molar refractivity (Wildman–Crippen MR) is 163 cm³/mol. The lowest BCUT2D eigenvalue weighted by Crippen LogP contribution is -2.51. The molecular formula is C25H56N4O8S2. The average Bonchev–Trinajstić information content (AvgIpc) is 2.86. The number of rotatable bonds is 24. The Morgan fingerprint density at radius 2 is 0.872 bits per heavy atom. The van der Waals surface area contributed by atoms with Gasteiger partial charge in [0.2, 0.25) is 0 Å². The van der Waals surface area contributed by atoms with Crippen molar-refractivity contribution in [3.8, 4) is 0 Å². The molecule has 0 rings (SSSR count). The molecule has 12 nitrogen and oxygen atoms in total. The number of hydrogen-bond donors (Lipinski definition) is 6. The second-order valence-electron chi connectivity index (χ2n) is 9.85. The Hall–Kier alpha value is -1.00. The van der Waals surface area contributed by atoms with E-state index >= 15 is 0 Å². The van der Waals surface area contributed by atoms with E-state index in [2.05, 4.69) is 19.4 Å². The minimum absolute atomic E-state index is 0.308. The van der Waals surface area contributed by atoms with Crippen molar-refractivity contribution in [1.82, 2.24) is 9.44 Å². The molecule has 0 aliphatic carbocycles. The van der Waals surface area contributed by atoms with E-state index in [0.717, 1.165) is 64.2 Å². The summed E-state index contributed by atoms with van der Waals surface area (Å²) < 4.78 is 78.4. The summed E-state index contributed by atoms with van der Waals surface area (Å²) in [6.07, 6.45) is 12.5. The third-order valence-electron chi connectivity index (χ3n) is 6.21. The zero-order valence-electron chi connectivity index (χ0n) is 24.6. The summed E-state index contributed by atoms with van der Waals surface area (Å²) in [5.41, 5.74) is 0. The van der Waals surface area contributed by atoms with Crippen molar-refractivity contribution in [1.29, 1.82) is 0 Å². The molecule has 0 bridgehead atoms. The fourth-order valence-corrected chi connectivity index (χ4v) is 5.23. The van der Waals surface area contributed by atoms with Gasteiger partial charge in [-0.2, -0.15) is 0 Å². The Kier molecular flexibility index (Phi) is 18.7. The maximum absolute atomic E-state index is 12.1. The summed E-state index contributed by atoms with van der Waals surface area (Å²) >= 11 is 0. The van der Waals surface area contributed by atoms with E-state index in [1.54, 1.807) is 14.2 Å². The highest BCUT2D eigenvalue weighted by Crippen LogP contribution is 2.16. The summed E-state index contributed by atoms with van der Waals surface area (Å²) in [5, 5.41) is 0. The first-order valence-corrected chi connectivity index (χ1v) is 18.2. The van der Waals surface area contributed by atoms with Crippen LogP contribution in [0.2, 0.25) is 0 Å². The first kappa shape index (κ1) is 38.0. The van der Waals surface area contributed by atoms with Gasteiger partial charge in [0.05, 0.1) is 37.8 Å². The Morgan fingerprint density at radius 1 is 0.590 bits per heavy atom. The van der Waals surface area contributed by atoms with Crippen molar-refractivity contribution in [2.45, 2.75) is 97.3 Å². The fraction of sp³-hybridized carbons (Fsp3) is 0.920. The quantitative estimate of drug-likeness (QED) is 0.0519. The lowest BCUT2D eigenvalue weighted by Gasteiger charge is -2.31. The minimum atomic E-state index is -4.86. The van der Waals surface area contributed by atoms with Crippen LogP contribution in [0, 0.1) is 0 Å². The minimum Gasteiger partial charge on any atom is -0.383 e. The van der Waals surface area contributed by atoms with Crippen molar-refractivity contribution >= 4 is 31.3 Å². The van der Waals surface area contributed by atoms with Gasteiger partial charge in [-0.25, -0.2) is 8.42 Å². The summed E-state index contributed by atoms with van der Waals surface area (Å²) in [6.45, 7) is 4.41. The fourth-order valence-electron chi connectivity index (χ4n) is 3.66. The lowest BCUT2D eigenvalue weighted by molar-refractivity contribution is 0.208. The molecule has 0 aromatic rings. The number of unbranched alkanes of at least 4 members (excludes halogenated alkanes) is 10. The molecule has 0 unspecified atom stereocenters. The third-order valence-corrected chi connectivity index (χ3v) is 9.58. The molecule has 0 saturated heterocycles. The molecule has 0 heterocycles. The first-order valence-electron chi connectivity index (χ1n) is 14.1. The Balaban J connectivity index is 4.07. The van der Waals surface area contributed by atoms with Gasteiger partial charge in [0.1, 0.15) is 11.7 Å². The second-order valence-corrected chi connectivity index (χ2v) is 15.5. The zero-order valence-corrected chi connectivity index (χ0v) is 26.2. The van der Waals surface area contributed by atoms with E-state index in [9.17, 15) is 26.6 Å². The SMILES string of the molecule is CCS(=O)(O)(O)NC(CCCCCCCCCCCCCC(=NCCOC)NS(=O)(O)(O)CC)=NCCOC. The largest absolute Gasteiger partial charge is 0.383 e. The van der Waals surface area contributed by atoms with Crippen LogP contribution in [0.4, 0.5) is 0 Å². The Labute approximate surface area is 236 Å². The van der Waals surface area contributed by atoms with Crippen LogP contribution in [-0.4, -0.2) is 90.3 Å². The van der Waals surface area contributed by atoms with E-state index in [0.29, 0.717) is 50.8 Å². The zero-order chi connectivity index (χ0) is 29.7. The highest BCUT2D eigenvalue weighted by Gasteiger charge is 2.28. The highest BCUT2D eigenvalue weighted by atomic mass is 32.3. The number of nitrogens with zero attached hydrogens (tertiary/aromatic N) is 2. The van der Waals surface area contributed by atoms with Crippen molar-refractivity contribution in [3.05, 3.63) is 0 Å². The molecule has 6 N–H and O–H groups in total. The topological polar surface area (TPSA) is 182 Å². The number of amidine groups is 2. The smallest absolute Gasteiger partial charge is 0.157 e. The number of nitrogens with one attached hydrogen (secondary N) is 2. The molecule has 0 aliphatic heterocycles. The number of methoxy groups -OCH3 is 2. The molecule has 236 valence electrons. The molecule has 39 heavy (non-hydrogen) atoms. The third kappa shape index (κ3) is 22.4. The van der Waals surface area contributed by atoms with Gasteiger partial charge in [-0.3, -0.25) is 37.6 Å². The summed E-state index contributed by atoms with van der Waals surface area (Å²) in [7, 11) is -6.60. The molecule has 0 fully saturated rings. The molecule has 0 saturated carbocycles. The molecule has 14 heteroatoms. The van der Waals surface area contributed by atoms with Crippen molar-refractivity contribution in [2.75, 3.05) is 52.0 Å². The van der Waals surface area contributed by atoms with E-state index in [1.807, 2.05) is 0 Å².